The number of piperidine rings is 1. The summed E-state index contributed by atoms with van der Waals surface area (Å²) in [5, 5.41) is 2.96. The van der Waals surface area contributed by atoms with E-state index in [0.29, 0.717) is 5.69 Å². The molecule has 4 atom stereocenters. The topological polar surface area (TPSA) is 79.7 Å². The molecule has 2 fully saturated rings. The lowest BCUT2D eigenvalue weighted by molar-refractivity contribution is -0.924. The number of quaternary nitrogens is 1. The fourth-order valence-electron chi connectivity index (χ4n) is 4.67. The molecule has 0 radical (unpaired) electrons. The molecule has 0 spiro atoms. The van der Waals surface area contributed by atoms with Crippen LogP contribution in [-0.4, -0.2) is 39.5 Å². The second kappa shape index (κ2) is 8.93. The maximum atomic E-state index is 12.7. The van der Waals surface area contributed by atoms with E-state index in [1.807, 2.05) is 6.92 Å². The van der Waals surface area contributed by atoms with Crippen LogP contribution in [0.1, 0.15) is 52.9 Å². The number of sulfonamides is 1. The average molecular weight is 409 g/mol. The van der Waals surface area contributed by atoms with E-state index < -0.39 is 10.0 Å². The molecule has 3 rings (SSSR count). The summed E-state index contributed by atoms with van der Waals surface area (Å²) < 4.78 is 27.0. The summed E-state index contributed by atoms with van der Waals surface area (Å²) in [5.74, 6) is 1.63. The first-order valence-electron chi connectivity index (χ1n) is 10.5. The minimum Gasteiger partial charge on any atom is -0.325 e. The zero-order chi connectivity index (χ0) is 20.3. The van der Waals surface area contributed by atoms with Gasteiger partial charge in [-0.05, 0) is 70.2 Å². The van der Waals surface area contributed by atoms with Gasteiger partial charge in [0.25, 0.3) is 5.91 Å². The molecule has 1 heterocycles. The smallest absolute Gasteiger partial charge is 0.282 e. The van der Waals surface area contributed by atoms with Gasteiger partial charge in [-0.15, -0.1) is 0 Å². The Balaban J connectivity index is 1.58. The van der Waals surface area contributed by atoms with Gasteiger partial charge >= 0.3 is 0 Å². The highest BCUT2D eigenvalue weighted by molar-refractivity contribution is 7.89. The van der Waals surface area contributed by atoms with E-state index in [1.54, 1.807) is 26.0 Å². The number of nitrogens with one attached hydrogen (secondary N) is 3. The molecule has 1 amide bonds. The van der Waals surface area contributed by atoms with Crippen molar-refractivity contribution in [2.24, 2.45) is 11.8 Å². The van der Waals surface area contributed by atoms with E-state index in [0.717, 1.165) is 24.9 Å². The first kappa shape index (κ1) is 21.3. The van der Waals surface area contributed by atoms with Crippen molar-refractivity contribution in [3.63, 3.8) is 0 Å². The van der Waals surface area contributed by atoms with Gasteiger partial charge in [-0.2, -0.15) is 0 Å². The number of benzene rings is 1. The Morgan fingerprint density at radius 2 is 1.68 bits per heavy atom. The summed E-state index contributed by atoms with van der Waals surface area (Å²) in [4.78, 5) is 14.3. The maximum absolute atomic E-state index is 12.7. The van der Waals surface area contributed by atoms with Gasteiger partial charge in [0.1, 0.15) is 0 Å². The summed E-state index contributed by atoms with van der Waals surface area (Å²) >= 11 is 0. The Labute approximate surface area is 169 Å². The predicted molar refractivity (Wildman–Crippen MR) is 111 cm³/mol. The van der Waals surface area contributed by atoms with Crippen LogP contribution in [0.3, 0.4) is 0 Å². The van der Waals surface area contributed by atoms with Gasteiger partial charge < -0.3 is 10.2 Å². The zero-order valence-corrected chi connectivity index (χ0v) is 18.0. The highest BCUT2D eigenvalue weighted by Gasteiger charge is 2.37. The van der Waals surface area contributed by atoms with Crippen molar-refractivity contribution in [2.45, 2.75) is 69.9 Å². The third-order valence-corrected chi connectivity index (χ3v) is 7.93. The summed E-state index contributed by atoms with van der Waals surface area (Å²) in [5.41, 5.74) is 0.632. The second-order valence-corrected chi connectivity index (χ2v) is 10.4. The minimum absolute atomic E-state index is 0.000159. The summed E-state index contributed by atoms with van der Waals surface area (Å²) in [6.07, 6.45) is 6.59. The predicted octanol–water partition coefficient (Wildman–Crippen LogP) is 1.80. The van der Waals surface area contributed by atoms with Crippen LogP contribution < -0.4 is 14.9 Å². The van der Waals surface area contributed by atoms with E-state index in [2.05, 4.69) is 10.0 Å². The Kier molecular flexibility index (Phi) is 6.78. The lowest BCUT2D eigenvalue weighted by Gasteiger charge is -2.40. The summed E-state index contributed by atoms with van der Waals surface area (Å²) in [6.45, 7) is 7.72. The van der Waals surface area contributed by atoms with Gasteiger partial charge in [-0.3, -0.25) is 4.79 Å². The number of rotatable bonds is 6. The van der Waals surface area contributed by atoms with Crippen molar-refractivity contribution in [3.05, 3.63) is 24.3 Å². The molecule has 1 aliphatic heterocycles. The largest absolute Gasteiger partial charge is 0.325 e. The zero-order valence-electron chi connectivity index (χ0n) is 17.2. The quantitative estimate of drug-likeness (QED) is 0.671. The third kappa shape index (κ3) is 5.13. The van der Waals surface area contributed by atoms with E-state index in [-0.39, 0.29) is 22.9 Å². The fourth-order valence-corrected chi connectivity index (χ4v) is 5.92. The van der Waals surface area contributed by atoms with Crippen LogP contribution in [0.2, 0.25) is 0 Å². The standard InChI is InChI=1S/C21H33N3O3S/c1-15(2)23-28(26,27)20-10-8-19(9-11-20)22-21(25)16(3)24-13-12-17-6-4-5-7-18(17)14-24/h8-11,15-18,23H,4-7,12-14H2,1-3H3,(H,22,25)/p+1/t16-,17-,18+/m0/s1. The van der Waals surface area contributed by atoms with Crippen molar-refractivity contribution in [1.29, 1.82) is 0 Å². The molecule has 28 heavy (non-hydrogen) atoms. The van der Waals surface area contributed by atoms with Crippen LogP contribution in [-0.2, 0) is 14.8 Å². The highest BCUT2D eigenvalue weighted by atomic mass is 32.2. The number of carbonyl (C=O) groups is 1. The molecule has 1 aliphatic carbocycles. The number of amides is 1. The van der Waals surface area contributed by atoms with Crippen molar-refractivity contribution in [3.8, 4) is 0 Å². The first-order chi connectivity index (χ1) is 13.3. The molecule has 1 aromatic carbocycles. The average Bonchev–Trinajstić information content (AvgIpc) is 2.66. The molecule has 6 nitrogen and oxygen atoms in total. The molecule has 1 saturated heterocycles. The van der Waals surface area contributed by atoms with Crippen LogP contribution in [0.4, 0.5) is 5.69 Å². The Morgan fingerprint density at radius 3 is 2.32 bits per heavy atom. The molecule has 1 saturated carbocycles. The van der Waals surface area contributed by atoms with E-state index in [1.165, 1.54) is 49.1 Å². The lowest BCUT2D eigenvalue weighted by Crippen LogP contribution is -3.18. The lowest BCUT2D eigenvalue weighted by atomic mass is 9.75. The molecule has 156 valence electrons. The molecular formula is C21H34N3O3S+. The van der Waals surface area contributed by atoms with Gasteiger partial charge in [0.15, 0.2) is 6.04 Å². The first-order valence-corrected chi connectivity index (χ1v) is 12.0. The number of likely N-dealkylation sites (tertiary alicyclic amines) is 1. The summed E-state index contributed by atoms with van der Waals surface area (Å²) in [6, 6.07) is 6.11. The minimum atomic E-state index is -3.52. The number of carbonyl (C=O) groups excluding carboxylic acids is 1. The fraction of sp³-hybridized carbons (Fsp3) is 0.667. The Hall–Kier alpha value is -1.44. The van der Waals surface area contributed by atoms with E-state index in [4.69, 9.17) is 0 Å². The van der Waals surface area contributed by atoms with Crippen LogP contribution in [0.5, 0.6) is 0 Å². The molecule has 1 unspecified atom stereocenters. The molecule has 0 bridgehead atoms. The van der Waals surface area contributed by atoms with Gasteiger partial charge in [0, 0.05) is 17.6 Å². The van der Waals surface area contributed by atoms with E-state index >= 15 is 0 Å². The molecule has 2 aliphatic rings. The molecule has 3 N–H and O–H groups in total. The van der Waals surface area contributed by atoms with Crippen molar-refractivity contribution in [2.75, 3.05) is 18.4 Å². The second-order valence-electron chi connectivity index (χ2n) is 8.72. The highest BCUT2D eigenvalue weighted by Crippen LogP contribution is 2.32. The number of fused-ring (bicyclic) bond motifs is 1. The van der Waals surface area contributed by atoms with Crippen LogP contribution in [0.25, 0.3) is 0 Å². The number of hydrogen-bond donors (Lipinski definition) is 3. The Bertz CT molecular complexity index is 777. The molecule has 0 aromatic heterocycles. The van der Waals surface area contributed by atoms with Crippen LogP contribution in [0.15, 0.2) is 29.2 Å². The van der Waals surface area contributed by atoms with Gasteiger partial charge in [0.2, 0.25) is 10.0 Å². The van der Waals surface area contributed by atoms with Gasteiger partial charge in [0.05, 0.1) is 18.0 Å². The van der Waals surface area contributed by atoms with Crippen molar-refractivity contribution in [1.82, 2.24) is 4.72 Å². The van der Waals surface area contributed by atoms with Gasteiger partial charge in [-0.25, -0.2) is 13.1 Å². The monoisotopic (exact) mass is 408 g/mol. The third-order valence-electron chi connectivity index (χ3n) is 6.26. The number of anilines is 1. The van der Waals surface area contributed by atoms with Crippen molar-refractivity contribution >= 4 is 21.6 Å². The van der Waals surface area contributed by atoms with Crippen LogP contribution in [0, 0.1) is 11.8 Å². The normalized spacial score (nSPS) is 26.5. The maximum Gasteiger partial charge on any atom is 0.282 e. The van der Waals surface area contributed by atoms with E-state index in [9.17, 15) is 13.2 Å². The Morgan fingerprint density at radius 1 is 1.04 bits per heavy atom. The molecular weight excluding hydrogens is 374 g/mol. The SMILES string of the molecule is CC(C)NS(=O)(=O)c1ccc(NC(=O)[C@H](C)[NH+]2CC[C@@H]3CCCC[C@@H]3C2)cc1. The number of hydrogen-bond acceptors (Lipinski definition) is 3. The van der Waals surface area contributed by atoms with Gasteiger partial charge in [-0.1, -0.05) is 12.8 Å². The van der Waals surface area contributed by atoms with Crippen molar-refractivity contribution < 1.29 is 18.1 Å². The molecule has 1 aromatic rings. The van der Waals surface area contributed by atoms with Crippen LogP contribution >= 0.6 is 0 Å². The molecule has 7 heteroatoms. The summed E-state index contributed by atoms with van der Waals surface area (Å²) in [7, 11) is -3.52.